The zero-order chi connectivity index (χ0) is 11.5. The number of rotatable bonds is 3. The van der Waals surface area contributed by atoms with Gasteiger partial charge in [-0.15, -0.1) is 5.10 Å². The average Bonchev–Trinajstić information content (AvgIpc) is 2.66. The quantitative estimate of drug-likeness (QED) is 0.932. The van der Waals surface area contributed by atoms with Gasteiger partial charge in [-0.05, 0) is 6.07 Å². The van der Waals surface area contributed by atoms with Crippen LogP contribution in [0.15, 0.2) is 34.9 Å². The molecule has 0 saturated carbocycles. The number of halogens is 1. The molecule has 0 amide bonds. The molecule has 2 rings (SSSR count). The summed E-state index contributed by atoms with van der Waals surface area (Å²) < 4.78 is 2.23. The maximum Gasteiger partial charge on any atom is 0.325 e. The molecule has 0 saturated heterocycles. The van der Waals surface area contributed by atoms with Crippen molar-refractivity contribution in [2.75, 3.05) is 0 Å². The predicted octanol–water partition coefficient (Wildman–Crippen LogP) is 1.79. The monoisotopic (exact) mass is 281 g/mol. The number of carboxylic acid groups (broad SMARTS) is 1. The molecular formula is C10H8BrN3O2. The van der Waals surface area contributed by atoms with Crippen molar-refractivity contribution < 1.29 is 9.90 Å². The molecule has 16 heavy (non-hydrogen) atoms. The molecule has 0 bridgehead atoms. The highest BCUT2D eigenvalue weighted by atomic mass is 79.9. The molecule has 2 aromatic rings. The van der Waals surface area contributed by atoms with E-state index in [1.807, 2.05) is 24.3 Å². The molecule has 0 aliphatic rings. The molecular weight excluding hydrogens is 274 g/mol. The minimum absolute atomic E-state index is 0.198. The van der Waals surface area contributed by atoms with E-state index in [1.165, 1.54) is 4.68 Å². The van der Waals surface area contributed by atoms with Gasteiger partial charge in [0, 0.05) is 10.0 Å². The van der Waals surface area contributed by atoms with Gasteiger partial charge in [0.25, 0.3) is 0 Å². The van der Waals surface area contributed by atoms with Crippen molar-refractivity contribution in [2.45, 2.75) is 6.54 Å². The molecule has 5 nitrogen and oxygen atoms in total. The van der Waals surface area contributed by atoms with Gasteiger partial charge in [0.15, 0.2) is 0 Å². The van der Waals surface area contributed by atoms with E-state index < -0.39 is 5.97 Å². The standard InChI is InChI=1S/C10H8BrN3O2/c11-8-4-2-1-3-7(8)9-5-12-13-14(9)6-10(15)16/h1-5H,6H2,(H,15,16). The summed E-state index contributed by atoms with van der Waals surface area (Å²) in [6.07, 6.45) is 1.54. The first kappa shape index (κ1) is 10.8. The number of carbonyl (C=O) groups is 1. The fraction of sp³-hybridized carbons (Fsp3) is 0.100. The minimum Gasteiger partial charge on any atom is -0.480 e. The third-order valence-corrected chi connectivity index (χ3v) is 2.74. The van der Waals surface area contributed by atoms with Crippen LogP contribution in [0.1, 0.15) is 0 Å². The Morgan fingerprint density at radius 3 is 2.88 bits per heavy atom. The van der Waals surface area contributed by atoms with Crippen LogP contribution in [0.5, 0.6) is 0 Å². The molecule has 0 fully saturated rings. The molecule has 0 aliphatic carbocycles. The molecule has 1 aromatic carbocycles. The normalized spacial score (nSPS) is 10.3. The van der Waals surface area contributed by atoms with Crippen LogP contribution < -0.4 is 0 Å². The molecule has 1 aromatic heterocycles. The molecule has 1 N–H and O–H groups in total. The zero-order valence-corrected chi connectivity index (χ0v) is 9.75. The second-order valence-corrected chi connectivity index (χ2v) is 4.00. The van der Waals surface area contributed by atoms with Crippen LogP contribution in [0.2, 0.25) is 0 Å². The lowest BCUT2D eigenvalue weighted by Crippen LogP contribution is -2.11. The van der Waals surface area contributed by atoms with E-state index in [4.69, 9.17) is 5.11 Å². The lowest BCUT2D eigenvalue weighted by Gasteiger charge is -2.05. The molecule has 0 unspecified atom stereocenters. The number of benzene rings is 1. The minimum atomic E-state index is -0.946. The molecule has 0 radical (unpaired) electrons. The Labute approximate surface area is 99.8 Å². The van der Waals surface area contributed by atoms with Crippen LogP contribution in [0.25, 0.3) is 11.3 Å². The fourth-order valence-corrected chi connectivity index (χ4v) is 1.87. The largest absolute Gasteiger partial charge is 0.480 e. The van der Waals surface area contributed by atoms with Crippen LogP contribution in [-0.2, 0) is 11.3 Å². The van der Waals surface area contributed by atoms with Gasteiger partial charge in [0.1, 0.15) is 6.54 Å². The van der Waals surface area contributed by atoms with Crippen molar-refractivity contribution >= 4 is 21.9 Å². The van der Waals surface area contributed by atoms with Crippen LogP contribution in [-0.4, -0.2) is 26.1 Å². The Balaban J connectivity index is 2.45. The van der Waals surface area contributed by atoms with Gasteiger partial charge >= 0.3 is 5.97 Å². The number of aliphatic carboxylic acids is 1. The first-order valence-electron chi connectivity index (χ1n) is 4.53. The van der Waals surface area contributed by atoms with Gasteiger partial charge < -0.3 is 5.11 Å². The highest BCUT2D eigenvalue weighted by molar-refractivity contribution is 9.10. The van der Waals surface area contributed by atoms with Crippen LogP contribution in [0.3, 0.4) is 0 Å². The third kappa shape index (κ3) is 2.11. The van der Waals surface area contributed by atoms with Gasteiger partial charge in [0.2, 0.25) is 0 Å². The van der Waals surface area contributed by atoms with Crippen LogP contribution in [0, 0.1) is 0 Å². The Morgan fingerprint density at radius 2 is 2.19 bits per heavy atom. The molecule has 0 atom stereocenters. The van der Waals surface area contributed by atoms with E-state index in [9.17, 15) is 4.79 Å². The van der Waals surface area contributed by atoms with Gasteiger partial charge in [-0.1, -0.05) is 39.3 Å². The fourth-order valence-electron chi connectivity index (χ4n) is 1.38. The summed E-state index contributed by atoms with van der Waals surface area (Å²) in [5.41, 5.74) is 1.55. The van der Waals surface area contributed by atoms with E-state index in [-0.39, 0.29) is 6.54 Å². The van der Waals surface area contributed by atoms with Gasteiger partial charge in [0.05, 0.1) is 11.9 Å². The van der Waals surface area contributed by atoms with Crippen LogP contribution in [0.4, 0.5) is 0 Å². The Morgan fingerprint density at radius 1 is 1.44 bits per heavy atom. The van der Waals surface area contributed by atoms with E-state index in [0.29, 0.717) is 5.69 Å². The highest BCUT2D eigenvalue weighted by Gasteiger charge is 2.11. The molecule has 82 valence electrons. The predicted molar refractivity (Wildman–Crippen MR) is 60.8 cm³/mol. The van der Waals surface area contributed by atoms with E-state index in [2.05, 4.69) is 26.2 Å². The smallest absolute Gasteiger partial charge is 0.325 e. The molecule has 1 heterocycles. The summed E-state index contributed by atoms with van der Waals surface area (Å²) in [6.45, 7) is -0.198. The molecule has 0 spiro atoms. The van der Waals surface area contributed by atoms with Crippen LogP contribution >= 0.6 is 15.9 Å². The maximum atomic E-state index is 10.6. The number of aromatic nitrogens is 3. The summed E-state index contributed by atoms with van der Waals surface area (Å²) >= 11 is 3.40. The Bertz CT molecular complexity index is 524. The summed E-state index contributed by atoms with van der Waals surface area (Å²) in [4.78, 5) is 10.6. The Hall–Kier alpha value is -1.69. The molecule has 6 heteroatoms. The van der Waals surface area contributed by atoms with Crippen molar-refractivity contribution in [3.8, 4) is 11.3 Å². The lowest BCUT2D eigenvalue weighted by molar-refractivity contribution is -0.137. The second-order valence-electron chi connectivity index (χ2n) is 3.15. The number of hydrogen-bond donors (Lipinski definition) is 1. The van der Waals surface area contributed by atoms with Crippen molar-refractivity contribution in [3.05, 3.63) is 34.9 Å². The summed E-state index contributed by atoms with van der Waals surface area (Å²) in [5, 5.41) is 16.2. The third-order valence-electron chi connectivity index (χ3n) is 2.05. The van der Waals surface area contributed by atoms with Gasteiger partial charge in [-0.25, -0.2) is 4.68 Å². The number of hydrogen-bond acceptors (Lipinski definition) is 3. The van der Waals surface area contributed by atoms with E-state index >= 15 is 0 Å². The topological polar surface area (TPSA) is 68.0 Å². The van der Waals surface area contributed by atoms with Crippen molar-refractivity contribution in [1.29, 1.82) is 0 Å². The lowest BCUT2D eigenvalue weighted by atomic mass is 10.2. The van der Waals surface area contributed by atoms with Crippen molar-refractivity contribution in [2.24, 2.45) is 0 Å². The highest BCUT2D eigenvalue weighted by Crippen LogP contribution is 2.26. The second kappa shape index (κ2) is 4.44. The number of carboxylic acids is 1. The molecule has 0 aliphatic heterocycles. The maximum absolute atomic E-state index is 10.6. The summed E-state index contributed by atoms with van der Waals surface area (Å²) in [5.74, 6) is -0.946. The first-order chi connectivity index (χ1) is 7.68. The van der Waals surface area contributed by atoms with Gasteiger partial charge in [-0.2, -0.15) is 0 Å². The van der Waals surface area contributed by atoms with Crippen molar-refractivity contribution in [1.82, 2.24) is 15.0 Å². The van der Waals surface area contributed by atoms with Gasteiger partial charge in [-0.3, -0.25) is 4.79 Å². The van der Waals surface area contributed by atoms with E-state index in [1.54, 1.807) is 6.20 Å². The Kier molecular flexibility index (Phi) is 3.00. The van der Waals surface area contributed by atoms with Crippen molar-refractivity contribution in [3.63, 3.8) is 0 Å². The summed E-state index contributed by atoms with van der Waals surface area (Å²) in [6, 6.07) is 7.52. The van der Waals surface area contributed by atoms with E-state index in [0.717, 1.165) is 10.0 Å². The zero-order valence-electron chi connectivity index (χ0n) is 8.17. The first-order valence-corrected chi connectivity index (χ1v) is 5.33. The average molecular weight is 282 g/mol. The number of nitrogens with zero attached hydrogens (tertiary/aromatic N) is 3. The summed E-state index contributed by atoms with van der Waals surface area (Å²) in [7, 11) is 0. The SMILES string of the molecule is O=C(O)Cn1nncc1-c1ccccc1Br.